The molecule has 1 fully saturated rings. The Labute approximate surface area is 121 Å². The highest BCUT2D eigenvalue weighted by Gasteiger charge is 2.23. The number of hydrogen-bond acceptors (Lipinski definition) is 3. The summed E-state index contributed by atoms with van der Waals surface area (Å²) >= 11 is 0. The van der Waals surface area contributed by atoms with Crippen LogP contribution in [0.4, 0.5) is 4.79 Å². The highest BCUT2D eigenvalue weighted by molar-refractivity contribution is 5.80. The maximum absolute atomic E-state index is 11.6. The van der Waals surface area contributed by atoms with Crippen molar-refractivity contribution in [3.05, 3.63) is 0 Å². The molecule has 0 radical (unpaired) electrons. The summed E-state index contributed by atoms with van der Waals surface area (Å²) in [6.45, 7) is 6.79. The zero-order valence-electron chi connectivity index (χ0n) is 12.3. The normalized spacial score (nSPS) is 16.4. The fourth-order valence-electron chi connectivity index (χ4n) is 2.06. The van der Waals surface area contributed by atoms with E-state index in [-0.39, 0.29) is 6.09 Å². The van der Waals surface area contributed by atoms with E-state index in [1.165, 1.54) is 0 Å². The molecule has 1 aliphatic rings. The average molecular weight is 280 g/mol. The van der Waals surface area contributed by atoms with Crippen LogP contribution in [-0.2, 0) is 4.74 Å². The van der Waals surface area contributed by atoms with Gasteiger partial charge in [-0.25, -0.2) is 9.79 Å². The Hall–Kier alpha value is -1.90. The molecule has 1 rings (SSSR count). The SMILES string of the molecule is C#CCN=C(NCC)NC1CCN(C(=O)OCC)CC1. The minimum absolute atomic E-state index is 0.223. The third-order valence-corrected chi connectivity index (χ3v) is 3.03. The monoisotopic (exact) mass is 280 g/mol. The maximum Gasteiger partial charge on any atom is 0.409 e. The number of guanidine groups is 1. The average Bonchev–Trinajstić information content (AvgIpc) is 2.46. The van der Waals surface area contributed by atoms with Crippen molar-refractivity contribution in [1.29, 1.82) is 0 Å². The lowest BCUT2D eigenvalue weighted by Gasteiger charge is -2.32. The first-order valence-corrected chi connectivity index (χ1v) is 7.11. The number of nitrogens with one attached hydrogen (secondary N) is 2. The van der Waals surface area contributed by atoms with Crippen LogP contribution in [0.5, 0.6) is 0 Å². The standard InChI is InChI=1S/C14H24N4O2/c1-4-9-16-13(15-5-2)17-12-7-10-18(11-8-12)14(19)20-6-3/h1,12H,5-11H2,2-3H3,(H2,15,16,17). The first-order valence-electron chi connectivity index (χ1n) is 7.11. The molecular weight excluding hydrogens is 256 g/mol. The molecule has 20 heavy (non-hydrogen) atoms. The van der Waals surface area contributed by atoms with Crippen molar-refractivity contribution in [2.24, 2.45) is 4.99 Å². The van der Waals surface area contributed by atoms with Gasteiger partial charge in [0, 0.05) is 25.7 Å². The summed E-state index contributed by atoms with van der Waals surface area (Å²) in [6, 6.07) is 0.302. The molecule has 6 heteroatoms. The summed E-state index contributed by atoms with van der Waals surface area (Å²) in [4.78, 5) is 17.6. The second kappa shape index (κ2) is 9.08. The largest absolute Gasteiger partial charge is 0.450 e. The molecule has 112 valence electrons. The van der Waals surface area contributed by atoms with Gasteiger partial charge >= 0.3 is 6.09 Å². The lowest BCUT2D eigenvalue weighted by Crippen LogP contribution is -2.49. The number of nitrogens with zero attached hydrogens (tertiary/aromatic N) is 2. The zero-order valence-corrected chi connectivity index (χ0v) is 12.3. The highest BCUT2D eigenvalue weighted by atomic mass is 16.6. The highest BCUT2D eigenvalue weighted by Crippen LogP contribution is 2.11. The smallest absolute Gasteiger partial charge is 0.409 e. The third-order valence-electron chi connectivity index (χ3n) is 3.03. The van der Waals surface area contributed by atoms with Crippen LogP contribution in [0, 0.1) is 12.3 Å². The second-order valence-electron chi connectivity index (χ2n) is 4.50. The van der Waals surface area contributed by atoms with Gasteiger partial charge in [0.05, 0.1) is 6.61 Å². The number of piperidine rings is 1. The van der Waals surface area contributed by atoms with E-state index in [1.807, 2.05) is 13.8 Å². The Morgan fingerprint density at radius 1 is 1.45 bits per heavy atom. The minimum atomic E-state index is -0.223. The van der Waals surface area contributed by atoms with Gasteiger partial charge in [0.15, 0.2) is 5.96 Å². The van der Waals surface area contributed by atoms with E-state index in [2.05, 4.69) is 21.5 Å². The van der Waals surface area contributed by atoms with Crippen LogP contribution >= 0.6 is 0 Å². The number of likely N-dealkylation sites (tertiary alicyclic amines) is 1. The number of amides is 1. The summed E-state index contributed by atoms with van der Waals surface area (Å²) in [6.07, 6.45) is 6.74. The van der Waals surface area contributed by atoms with Crippen molar-refractivity contribution in [1.82, 2.24) is 15.5 Å². The molecule has 1 heterocycles. The van der Waals surface area contributed by atoms with Crippen LogP contribution in [0.3, 0.4) is 0 Å². The molecule has 0 atom stereocenters. The maximum atomic E-state index is 11.6. The van der Waals surface area contributed by atoms with Crippen molar-refractivity contribution in [2.75, 3.05) is 32.8 Å². The molecule has 0 aromatic rings. The molecule has 0 unspecified atom stereocenters. The first-order chi connectivity index (χ1) is 9.71. The van der Waals surface area contributed by atoms with E-state index in [9.17, 15) is 4.79 Å². The summed E-state index contributed by atoms with van der Waals surface area (Å²) < 4.78 is 5.00. The fraction of sp³-hybridized carbons (Fsp3) is 0.714. The molecule has 1 aliphatic heterocycles. The van der Waals surface area contributed by atoms with Gasteiger partial charge in [-0.15, -0.1) is 6.42 Å². The summed E-state index contributed by atoms with van der Waals surface area (Å²) in [5.41, 5.74) is 0. The Morgan fingerprint density at radius 2 is 2.15 bits per heavy atom. The second-order valence-corrected chi connectivity index (χ2v) is 4.50. The predicted molar refractivity (Wildman–Crippen MR) is 79.6 cm³/mol. The van der Waals surface area contributed by atoms with E-state index in [1.54, 1.807) is 4.90 Å². The lowest BCUT2D eigenvalue weighted by atomic mass is 10.1. The van der Waals surface area contributed by atoms with Crippen LogP contribution in [0.25, 0.3) is 0 Å². The third kappa shape index (κ3) is 5.39. The van der Waals surface area contributed by atoms with Crippen LogP contribution < -0.4 is 10.6 Å². The van der Waals surface area contributed by atoms with Gasteiger partial charge in [0.2, 0.25) is 0 Å². The van der Waals surface area contributed by atoms with E-state index in [0.29, 0.717) is 32.3 Å². The van der Waals surface area contributed by atoms with E-state index < -0.39 is 0 Å². The molecule has 2 N–H and O–H groups in total. The van der Waals surface area contributed by atoms with Crippen LogP contribution in [0.1, 0.15) is 26.7 Å². The molecule has 1 amide bonds. The number of ether oxygens (including phenoxy) is 1. The van der Waals surface area contributed by atoms with Crippen molar-refractivity contribution in [3.8, 4) is 12.3 Å². The molecule has 0 spiro atoms. The number of terminal acetylenes is 1. The summed E-state index contributed by atoms with van der Waals surface area (Å²) in [5.74, 6) is 3.23. The van der Waals surface area contributed by atoms with E-state index in [4.69, 9.17) is 11.2 Å². The van der Waals surface area contributed by atoms with Crippen LogP contribution in [-0.4, -0.2) is 55.8 Å². The van der Waals surface area contributed by atoms with Gasteiger partial charge in [-0.3, -0.25) is 0 Å². The van der Waals surface area contributed by atoms with Crippen LogP contribution in [0.2, 0.25) is 0 Å². The van der Waals surface area contributed by atoms with Gasteiger partial charge in [-0.2, -0.15) is 0 Å². The number of rotatable bonds is 4. The summed E-state index contributed by atoms with van der Waals surface area (Å²) in [7, 11) is 0. The first kappa shape index (κ1) is 16.2. The lowest BCUT2D eigenvalue weighted by molar-refractivity contribution is 0.0963. The molecule has 6 nitrogen and oxygen atoms in total. The van der Waals surface area contributed by atoms with E-state index >= 15 is 0 Å². The van der Waals surface area contributed by atoms with Gasteiger partial charge in [-0.1, -0.05) is 5.92 Å². The van der Waals surface area contributed by atoms with Gasteiger partial charge < -0.3 is 20.3 Å². The molecule has 0 aromatic heterocycles. The minimum Gasteiger partial charge on any atom is -0.450 e. The van der Waals surface area contributed by atoms with Crippen molar-refractivity contribution in [3.63, 3.8) is 0 Å². The number of carbonyl (C=O) groups is 1. The molecule has 0 aromatic carbocycles. The van der Waals surface area contributed by atoms with Crippen LogP contribution in [0.15, 0.2) is 4.99 Å². The van der Waals surface area contributed by atoms with Gasteiger partial charge in [0.1, 0.15) is 6.54 Å². The topological polar surface area (TPSA) is 66.0 Å². The fourth-order valence-corrected chi connectivity index (χ4v) is 2.06. The summed E-state index contributed by atoms with van der Waals surface area (Å²) in [5, 5.41) is 6.50. The molecule has 1 saturated heterocycles. The van der Waals surface area contributed by atoms with Gasteiger partial charge in [-0.05, 0) is 26.7 Å². The molecule has 0 bridgehead atoms. The number of aliphatic imine (C=N–C) groups is 1. The van der Waals surface area contributed by atoms with E-state index in [0.717, 1.165) is 25.3 Å². The predicted octanol–water partition coefficient (Wildman–Crippen LogP) is 0.796. The van der Waals surface area contributed by atoms with Crippen molar-refractivity contribution < 1.29 is 9.53 Å². The number of hydrogen-bond donors (Lipinski definition) is 2. The Balaban J connectivity index is 2.40. The molecule has 0 saturated carbocycles. The Morgan fingerprint density at radius 3 is 2.70 bits per heavy atom. The van der Waals surface area contributed by atoms with Crippen molar-refractivity contribution in [2.45, 2.75) is 32.7 Å². The number of carbonyl (C=O) groups excluding carboxylic acids is 1. The van der Waals surface area contributed by atoms with Gasteiger partial charge in [0.25, 0.3) is 0 Å². The zero-order chi connectivity index (χ0) is 14.8. The Bertz CT molecular complexity index is 368. The quantitative estimate of drug-likeness (QED) is 0.454. The Kier molecular flexibility index (Phi) is 7.33. The van der Waals surface area contributed by atoms with Crippen molar-refractivity contribution >= 4 is 12.1 Å². The molecule has 0 aliphatic carbocycles. The molecular formula is C14H24N4O2.